The summed E-state index contributed by atoms with van der Waals surface area (Å²) in [6, 6.07) is 2.41. The molecular formula is C14H19NO3. The fourth-order valence-corrected chi connectivity index (χ4v) is 3.42. The Kier molecular flexibility index (Phi) is 2.90. The second-order valence-corrected chi connectivity index (χ2v) is 5.58. The van der Waals surface area contributed by atoms with Crippen molar-refractivity contribution in [3.8, 4) is 0 Å². The molecule has 0 bridgehead atoms. The normalized spacial score (nSPS) is 32.4. The highest BCUT2D eigenvalue weighted by atomic mass is 16.4. The van der Waals surface area contributed by atoms with E-state index in [1.54, 1.807) is 6.26 Å². The summed E-state index contributed by atoms with van der Waals surface area (Å²) in [4.78, 5) is 13.5. The number of carbonyl (C=O) groups is 1. The average Bonchev–Trinajstić information content (AvgIpc) is 2.94. The molecule has 0 amide bonds. The zero-order valence-corrected chi connectivity index (χ0v) is 10.6. The van der Waals surface area contributed by atoms with E-state index < -0.39 is 5.97 Å². The number of hydrogen-bond donors (Lipinski definition) is 1. The lowest BCUT2D eigenvalue weighted by Crippen LogP contribution is -2.30. The molecule has 3 rings (SSSR count). The molecule has 1 N–H and O–H groups in total. The summed E-state index contributed by atoms with van der Waals surface area (Å²) in [5, 5.41) is 9.21. The quantitative estimate of drug-likeness (QED) is 0.874. The third-order valence-corrected chi connectivity index (χ3v) is 4.42. The standard InChI is InChI=1S/C14H19NO3/c1-9-7-15(8-11(9)14(16)17)12-3-2-4-13-10(12)5-6-18-13/h5-6,9,11-12H,2-4,7-8H2,1H3,(H,16,17)/t9-,11-,12?/m1/s1. The minimum absolute atomic E-state index is 0.220. The molecule has 2 heterocycles. The van der Waals surface area contributed by atoms with Gasteiger partial charge in [0, 0.05) is 31.1 Å². The van der Waals surface area contributed by atoms with Crippen molar-refractivity contribution < 1.29 is 14.3 Å². The molecule has 98 valence electrons. The summed E-state index contributed by atoms with van der Waals surface area (Å²) in [5.41, 5.74) is 1.28. The van der Waals surface area contributed by atoms with Crippen LogP contribution < -0.4 is 0 Å². The van der Waals surface area contributed by atoms with E-state index in [-0.39, 0.29) is 11.8 Å². The van der Waals surface area contributed by atoms with Crippen molar-refractivity contribution >= 4 is 5.97 Å². The van der Waals surface area contributed by atoms with E-state index in [0.717, 1.165) is 31.6 Å². The van der Waals surface area contributed by atoms with E-state index in [9.17, 15) is 9.90 Å². The lowest BCUT2D eigenvalue weighted by Gasteiger charge is -2.30. The maximum Gasteiger partial charge on any atom is 0.308 e. The number of carboxylic acid groups (broad SMARTS) is 1. The molecule has 1 aliphatic carbocycles. The highest BCUT2D eigenvalue weighted by molar-refractivity contribution is 5.71. The van der Waals surface area contributed by atoms with Gasteiger partial charge in [-0.1, -0.05) is 6.92 Å². The number of nitrogens with zero attached hydrogens (tertiary/aromatic N) is 1. The van der Waals surface area contributed by atoms with E-state index in [0.29, 0.717) is 12.6 Å². The third kappa shape index (κ3) is 1.85. The highest BCUT2D eigenvalue weighted by Gasteiger charge is 2.39. The number of hydrogen-bond acceptors (Lipinski definition) is 3. The first kappa shape index (κ1) is 11.8. The SMILES string of the molecule is C[C@@H]1CN(C2CCCc3occc32)C[C@H]1C(=O)O. The minimum atomic E-state index is -0.659. The van der Waals surface area contributed by atoms with Crippen molar-refractivity contribution in [3.05, 3.63) is 23.7 Å². The van der Waals surface area contributed by atoms with E-state index in [1.807, 2.05) is 6.92 Å². The molecule has 1 saturated heterocycles. The van der Waals surface area contributed by atoms with Gasteiger partial charge >= 0.3 is 5.97 Å². The molecule has 4 nitrogen and oxygen atoms in total. The predicted molar refractivity (Wildman–Crippen MR) is 66.2 cm³/mol. The molecule has 3 atom stereocenters. The first-order chi connectivity index (χ1) is 8.66. The van der Waals surface area contributed by atoms with Gasteiger partial charge in [0.1, 0.15) is 5.76 Å². The Bertz CT molecular complexity index is 454. The largest absolute Gasteiger partial charge is 0.481 e. The zero-order valence-electron chi connectivity index (χ0n) is 10.6. The van der Waals surface area contributed by atoms with E-state index >= 15 is 0 Å². The van der Waals surface area contributed by atoms with Gasteiger partial charge in [0.15, 0.2) is 0 Å². The predicted octanol–water partition coefficient (Wildman–Crippen LogP) is 2.31. The van der Waals surface area contributed by atoms with Gasteiger partial charge in [0.25, 0.3) is 0 Å². The molecule has 2 aliphatic rings. The minimum Gasteiger partial charge on any atom is -0.481 e. The Morgan fingerprint density at radius 1 is 1.50 bits per heavy atom. The van der Waals surface area contributed by atoms with E-state index in [4.69, 9.17) is 4.42 Å². The zero-order chi connectivity index (χ0) is 12.7. The van der Waals surface area contributed by atoms with Crippen molar-refractivity contribution in [2.24, 2.45) is 11.8 Å². The first-order valence-corrected chi connectivity index (χ1v) is 6.70. The first-order valence-electron chi connectivity index (χ1n) is 6.70. The maximum absolute atomic E-state index is 11.2. The average molecular weight is 249 g/mol. The van der Waals surface area contributed by atoms with Crippen LogP contribution in [0.3, 0.4) is 0 Å². The smallest absolute Gasteiger partial charge is 0.308 e. The van der Waals surface area contributed by atoms with Gasteiger partial charge in [-0.15, -0.1) is 0 Å². The molecule has 18 heavy (non-hydrogen) atoms. The van der Waals surface area contributed by atoms with Gasteiger partial charge < -0.3 is 9.52 Å². The lowest BCUT2D eigenvalue weighted by molar-refractivity contribution is -0.142. The van der Waals surface area contributed by atoms with Crippen LogP contribution in [-0.2, 0) is 11.2 Å². The van der Waals surface area contributed by atoms with Gasteiger partial charge in [-0.3, -0.25) is 9.69 Å². The molecule has 1 aromatic heterocycles. The van der Waals surface area contributed by atoms with Crippen molar-refractivity contribution in [3.63, 3.8) is 0 Å². The highest BCUT2D eigenvalue weighted by Crippen LogP contribution is 2.39. The Morgan fingerprint density at radius 2 is 2.33 bits per heavy atom. The Hall–Kier alpha value is -1.29. The summed E-state index contributed by atoms with van der Waals surface area (Å²) in [7, 11) is 0. The molecule has 0 saturated carbocycles. The number of aryl methyl sites for hydroxylation is 1. The summed E-state index contributed by atoms with van der Waals surface area (Å²) < 4.78 is 5.50. The molecule has 0 spiro atoms. The summed E-state index contributed by atoms with van der Waals surface area (Å²) in [6.45, 7) is 3.59. The molecule has 1 aromatic rings. The fraction of sp³-hybridized carbons (Fsp3) is 0.643. The van der Waals surface area contributed by atoms with Crippen LogP contribution in [0.1, 0.15) is 37.1 Å². The topological polar surface area (TPSA) is 53.7 Å². The van der Waals surface area contributed by atoms with E-state index in [1.165, 1.54) is 5.56 Å². The molecule has 1 unspecified atom stereocenters. The van der Waals surface area contributed by atoms with E-state index in [2.05, 4.69) is 11.0 Å². The van der Waals surface area contributed by atoms with Crippen molar-refractivity contribution in [1.29, 1.82) is 0 Å². The number of aliphatic carboxylic acids is 1. The third-order valence-electron chi connectivity index (χ3n) is 4.42. The number of fused-ring (bicyclic) bond motifs is 1. The molecule has 1 aliphatic heterocycles. The van der Waals surface area contributed by atoms with Crippen LogP contribution in [0, 0.1) is 11.8 Å². The summed E-state index contributed by atoms with van der Waals surface area (Å²) >= 11 is 0. The van der Waals surface area contributed by atoms with Crippen molar-refractivity contribution in [2.75, 3.05) is 13.1 Å². The molecule has 0 radical (unpaired) electrons. The number of carboxylic acids is 1. The van der Waals surface area contributed by atoms with Crippen LogP contribution in [0.25, 0.3) is 0 Å². The fourth-order valence-electron chi connectivity index (χ4n) is 3.42. The van der Waals surface area contributed by atoms with Gasteiger partial charge in [-0.2, -0.15) is 0 Å². The molecule has 0 aromatic carbocycles. The van der Waals surface area contributed by atoms with Crippen LogP contribution in [-0.4, -0.2) is 29.1 Å². The van der Waals surface area contributed by atoms with Crippen molar-refractivity contribution in [2.45, 2.75) is 32.2 Å². The van der Waals surface area contributed by atoms with Gasteiger partial charge in [-0.25, -0.2) is 0 Å². The second kappa shape index (κ2) is 4.43. The lowest BCUT2D eigenvalue weighted by atomic mass is 9.92. The molecule has 4 heteroatoms. The van der Waals surface area contributed by atoms with Crippen LogP contribution in [0.2, 0.25) is 0 Å². The van der Waals surface area contributed by atoms with Gasteiger partial charge in [-0.05, 0) is 24.8 Å². The van der Waals surface area contributed by atoms with Crippen LogP contribution in [0.4, 0.5) is 0 Å². The van der Waals surface area contributed by atoms with Crippen LogP contribution in [0.15, 0.2) is 16.7 Å². The summed E-state index contributed by atoms with van der Waals surface area (Å²) in [5.74, 6) is 0.452. The van der Waals surface area contributed by atoms with Crippen LogP contribution in [0.5, 0.6) is 0 Å². The Morgan fingerprint density at radius 3 is 3.06 bits per heavy atom. The van der Waals surface area contributed by atoms with Crippen LogP contribution >= 0.6 is 0 Å². The molecular weight excluding hydrogens is 230 g/mol. The molecule has 1 fully saturated rings. The van der Waals surface area contributed by atoms with Gasteiger partial charge in [0.05, 0.1) is 12.2 Å². The monoisotopic (exact) mass is 249 g/mol. The number of likely N-dealkylation sites (tertiary alicyclic amines) is 1. The Labute approximate surface area is 107 Å². The number of furan rings is 1. The van der Waals surface area contributed by atoms with Gasteiger partial charge in [0.2, 0.25) is 0 Å². The second-order valence-electron chi connectivity index (χ2n) is 5.58. The maximum atomic E-state index is 11.2. The Balaban J connectivity index is 1.80. The van der Waals surface area contributed by atoms with Crippen molar-refractivity contribution in [1.82, 2.24) is 4.90 Å². The summed E-state index contributed by atoms with van der Waals surface area (Å²) in [6.07, 6.45) is 5.03. The number of rotatable bonds is 2.